The summed E-state index contributed by atoms with van der Waals surface area (Å²) in [6.45, 7) is 11.1. The third kappa shape index (κ3) is 8.03. The van der Waals surface area contributed by atoms with Crippen LogP contribution in [0, 0.1) is 17.8 Å². The number of halogens is 2. The van der Waals surface area contributed by atoms with Crippen molar-refractivity contribution < 1.29 is 28.7 Å². The van der Waals surface area contributed by atoms with Crippen LogP contribution in [-0.2, 0) is 23.9 Å². The normalized spacial score (nSPS) is 24.4. The summed E-state index contributed by atoms with van der Waals surface area (Å²) in [4.78, 5) is 67.3. The Morgan fingerprint density at radius 3 is 2.29 bits per heavy atom. The molecule has 2 saturated carbocycles. The van der Waals surface area contributed by atoms with Gasteiger partial charge >= 0.3 is 6.09 Å². The van der Waals surface area contributed by atoms with E-state index in [1.807, 2.05) is 0 Å². The number of likely N-dealkylation sites (tertiary alicyclic amines) is 1. The first-order valence-corrected chi connectivity index (χ1v) is 15.2. The van der Waals surface area contributed by atoms with Crippen molar-refractivity contribution in [3.8, 4) is 0 Å². The summed E-state index contributed by atoms with van der Waals surface area (Å²) in [6.07, 6.45) is 7.55. The van der Waals surface area contributed by atoms with Gasteiger partial charge in [-0.3, -0.25) is 19.2 Å². The number of hydrogen-bond acceptors (Lipinski definition) is 6. The molecule has 3 rings (SSSR count). The Bertz CT molecular complexity index is 1030. The first-order chi connectivity index (χ1) is 19.4. The lowest BCUT2D eigenvalue weighted by Crippen LogP contribution is -2.59. The summed E-state index contributed by atoms with van der Waals surface area (Å²) >= 11 is 13.0. The number of ketones is 1. The molecule has 228 valence electrons. The van der Waals surface area contributed by atoms with Crippen LogP contribution in [0.1, 0.15) is 65.2 Å². The second-order valence-corrected chi connectivity index (χ2v) is 12.8. The number of ether oxygens (including phenoxy) is 1. The van der Waals surface area contributed by atoms with Gasteiger partial charge in [0, 0.05) is 24.9 Å². The molecule has 1 saturated heterocycles. The number of Topliss-reactive ketones (excluding diaryl/α,β-unsaturated/α-hetero) is 1. The van der Waals surface area contributed by atoms with Crippen LogP contribution >= 0.6 is 23.2 Å². The molecule has 1 aliphatic heterocycles. The Labute approximate surface area is 251 Å². The molecule has 12 heteroatoms. The molecular formula is C29H42Cl2N4O6. The monoisotopic (exact) mass is 612 g/mol. The van der Waals surface area contributed by atoms with Gasteiger partial charge < -0.3 is 25.6 Å². The van der Waals surface area contributed by atoms with Crippen molar-refractivity contribution in [2.45, 2.75) is 93.8 Å². The number of carbonyl (C=O) groups is 5. The molecule has 41 heavy (non-hydrogen) atoms. The van der Waals surface area contributed by atoms with Crippen molar-refractivity contribution in [3.05, 3.63) is 25.3 Å². The average molecular weight is 614 g/mol. The summed E-state index contributed by atoms with van der Waals surface area (Å²) in [7, 11) is 0. The van der Waals surface area contributed by atoms with E-state index in [-0.39, 0.29) is 37.5 Å². The van der Waals surface area contributed by atoms with E-state index in [1.165, 1.54) is 4.90 Å². The zero-order valence-corrected chi connectivity index (χ0v) is 25.3. The van der Waals surface area contributed by atoms with E-state index in [9.17, 15) is 24.0 Å². The van der Waals surface area contributed by atoms with Crippen LogP contribution in [0.3, 0.4) is 0 Å². The molecule has 0 aromatic heterocycles. The number of nitrogens with zero attached hydrogens (tertiary/aromatic N) is 1. The van der Waals surface area contributed by atoms with Crippen molar-refractivity contribution in [2.75, 3.05) is 13.1 Å². The maximum absolute atomic E-state index is 14.0. The third-order valence-corrected chi connectivity index (χ3v) is 9.10. The van der Waals surface area contributed by atoms with Crippen LogP contribution in [0.2, 0.25) is 0 Å². The fourth-order valence-corrected chi connectivity index (χ4v) is 6.71. The lowest BCUT2D eigenvalue weighted by molar-refractivity contribution is -0.144. The maximum atomic E-state index is 14.0. The Morgan fingerprint density at radius 1 is 1.02 bits per heavy atom. The summed E-state index contributed by atoms with van der Waals surface area (Å²) in [6, 6.07) is -3.09. The number of alkyl halides is 2. The molecule has 10 nitrogen and oxygen atoms in total. The quantitative estimate of drug-likeness (QED) is 0.119. The van der Waals surface area contributed by atoms with E-state index in [0.29, 0.717) is 12.8 Å². The number of nitrogens with one attached hydrogen (secondary N) is 3. The molecule has 0 radical (unpaired) electrons. The molecule has 0 aromatic carbocycles. The Balaban J connectivity index is 1.82. The highest BCUT2D eigenvalue weighted by Crippen LogP contribution is 2.65. The number of allylic oxidation sites excluding steroid dienone is 1. The molecule has 2 aliphatic carbocycles. The van der Waals surface area contributed by atoms with Crippen molar-refractivity contribution in [1.82, 2.24) is 20.9 Å². The van der Waals surface area contributed by atoms with Crippen molar-refractivity contribution in [3.63, 3.8) is 0 Å². The van der Waals surface area contributed by atoms with Crippen molar-refractivity contribution >= 4 is 52.8 Å². The molecule has 2 unspecified atom stereocenters. The van der Waals surface area contributed by atoms with Gasteiger partial charge in [0.2, 0.25) is 17.6 Å². The largest absolute Gasteiger partial charge is 0.447 e. The highest BCUT2D eigenvalue weighted by atomic mass is 35.5. The highest BCUT2D eigenvalue weighted by molar-refractivity contribution is 6.51. The van der Waals surface area contributed by atoms with Gasteiger partial charge in [-0.2, -0.15) is 0 Å². The van der Waals surface area contributed by atoms with Gasteiger partial charge in [0.05, 0.1) is 12.1 Å². The van der Waals surface area contributed by atoms with Crippen LogP contribution in [0.25, 0.3) is 0 Å². The van der Waals surface area contributed by atoms with Crippen LogP contribution in [0.15, 0.2) is 25.3 Å². The summed E-state index contributed by atoms with van der Waals surface area (Å²) < 4.78 is 4.06. The standard InChI is InChI=1S/C29H42Cl2N4O6/c1-5-7-14-20(24(36)26(38)32-15-8-6-2)33-25(37)23-21-19(29(21,30)31)16-35(23)27(39)22(18-12-10-9-11-13-18)34-28(40)41-17(3)4/h5-6,17-23H,1-2,7-16H2,3-4H3,(H,32,38)(H,33,37)(H,34,40)/t19-,20?,21-,22?,23+/m1/s1. The van der Waals surface area contributed by atoms with E-state index in [2.05, 4.69) is 29.1 Å². The minimum absolute atomic E-state index is 0.116. The van der Waals surface area contributed by atoms with E-state index < -0.39 is 58.0 Å². The predicted molar refractivity (Wildman–Crippen MR) is 156 cm³/mol. The highest BCUT2D eigenvalue weighted by Gasteiger charge is 2.74. The molecule has 3 fully saturated rings. The number of hydrogen-bond donors (Lipinski definition) is 3. The van der Waals surface area contributed by atoms with Crippen LogP contribution < -0.4 is 16.0 Å². The van der Waals surface area contributed by atoms with Gasteiger partial charge in [-0.25, -0.2) is 4.79 Å². The average Bonchev–Trinajstić information content (AvgIpc) is 3.24. The Kier molecular flexibility index (Phi) is 11.7. The SMILES string of the molecule is C=CCCNC(=O)C(=O)C(CCC=C)NC(=O)[C@@H]1[C@H]2[C@@H](CN1C(=O)C(NC(=O)OC(C)C)C1CCCCC1)C2(Cl)Cl. The van der Waals surface area contributed by atoms with Crippen LogP contribution in [0.5, 0.6) is 0 Å². The van der Waals surface area contributed by atoms with Crippen LogP contribution in [0.4, 0.5) is 4.79 Å². The lowest BCUT2D eigenvalue weighted by Gasteiger charge is -2.36. The summed E-state index contributed by atoms with van der Waals surface area (Å²) in [5.74, 6) is -3.67. The minimum atomic E-state index is -1.20. The van der Waals surface area contributed by atoms with Gasteiger partial charge in [0.1, 0.15) is 16.4 Å². The Hall–Kier alpha value is -2.59. The number of alkyl carbamates (subject to hydrolysis) is 1. The molecular weight excluding hydrogens is 571 g/mol. The summed E-state index contributed by atoms with van der Waals surface area (Å²) in [5.41, 5.74) is 0. The Morgan fingerprint density at radius 2 is 1.68 bits per heavy atom. The molecule has 3 aliphatic rings. The second-order valence-electron chi connectivity index (χ2n) is 11.3. The molecule has 0 bridgehead atoms. The molecule has 1 heterocycles. The zero-order valence-electron chi connectivity index (χ0n) is 23.8. The lowest BCUT2D eigenvalue weighted by atomic mass is 9.83. The van der Waals surface area contributed by atoms with Gasteiger partial charge in [-0.15, -0.1) is 36.4 Å². The second kappa shape index (κ2) is 14.5. The van der Waals surface area contributed by atoms with Gasteiger partial charge in [-0.1, -0.05) is 31.4 Å². The van der Waals surface area contributed by atoms with E-state index in [4.69, 9.17) is 27.9 Å². The molecule has 3 N–H and O–H groups in total. The molecule has 5 atom stereocenters. The zero-order chi connectivity index (χ0) is 30.3. The van der Waals surface area contributed by atoms with E-state index in [0.717, 1.165) is 32.1 Å². The fourth-order valence-electron chi connectivity index (χ4n) is 5.88. The van der Waals surface area contributed by atoms with E-state index in [1.54, 1.807) is 26.0 Å². The first kappa shape index (κ1) is 32.9. The van der Waals surface area contributed by atoms with Crippen molar-refractivity contribution in [2.24, 2.45) is 17.8 Å². The molecule has 4 amide bonds. The predicted octanol–water partition coefficient (Wildman–Crippen LogP) is 3.41. The topological polar surface area (TPSA) is 134 Å². The third-order valence-electron chi connectivity index (χ3n) is 8.04. The number of carbonyl (C=O) groups excluding carboxylic acids is 5. The van der Waals surface area contributed by atoms with E-state index >= 15 is 0 Å². The number of rotatable bonds is 14. The molecule has 0 spiro atoms. The molecule has 0 aromatic rings. The fraction of sp³-hybridized carbons (Fsp3) is 0.690. The number of amides is 4. The summed E-state index contributed by atoms with van der Waals surface area (Å²) in [5, 5.41) is 7.97. The van der Waals surface area contributed by atoms with Gasteiger partial charge in [-0.05, 0) is 51.9 Å². The van der Waals surface area contributed by atoms with Gasteiger partial charge in [0.25, 0.3) is 5.91 Å². The smallest absolute Gasteiger partial charge is 0.408 e. The minimum Gasteiger partial charge on any atom is -0.447 e. The van der Waals surface area contributed by atoms with Crippen LogP contribution in [-0.4, -0.2) is 76.2 Å². The van der Waals surface area contributed by atoms with Crippen molar-refractivity contribution in [1.29, 1.82) is 0 Å². The number of fused-ring (bicyclic) bond motifs is 1. The maximum Gasteiger partial charge on any atom is 0.408 e. The first-order valence-electron chi connectivity index (χ1n) is 14.4. The van der Waals surface area contributed by atoms with Gasteiger partial charge in [0.15, 0.2) is 0 Å². The number of piperidine rings is 1.